The molecule has 3 heterocycles. The van der Waals surface area contributed by atoms with Gasteiger partial charge in [0.2, 0.25) is 21.9 Å². The Balaban J connectivity index is 1.32. The van der Waals surface area contributed by atoms with Crippen LogP contribution in [0.4, 0.5) is 20.4 Å². The minimum absolute atomic E-state index is 0.0266. The van der Waals surface area contributed by atoms with Crippen molar-refractivity contribution in [1.82, 2.24) is 20.3 Å². The molecule has 9 nitrogen and oxygen atoms in total. The highest BCUT2D eigenvalue weighted by atomic mass is 32.2. The minimum Gasteiger partial charge on any atom is -0.437 e. The Morgan fingerprint density at radius 3 is 2.58 bits per heavy atom. The van der Waals surface area contributed by atoms with E-state index in [9.17, 15) is 12.8 Å². The predicted molar refractivity (Wildman–Crippen MR) is 171 cm³/mol. The number of hydrogen-bond acceptors (Lipinski definition) is 8. The molecule has 0 spiro atoms. The molecule has 12 heteroatoms. The number of anilines is 2. The molecule has 0 saturated carbocycles. The Hall–Kier alpha value is -4.68. The summed E-state index contributed by atoms with van der Waals surface area (Å²) in [6, 6.07) is 17.1. The molecule has 6 rings (SSSR count). The molecular formula is C33H32F2N6O3S. The van der Waals surface area contributed by atoms with Crippen molar-refractivity contribution in [3.05, 3.63) is 102 Å². The maximum atomic E-state index is 15.2. The first kappa shape index (κ1) is 30.4. The van der Waals surface area contributed by atoms with Crippen molar-refractivity contribution in [1.29, 1.82) is 0 Å². The van der Waals surface area contributed by atoms with Crippen LogP contribution < -0.4 is 20.1 Å². The summed E-state index contributed by atoms with van der Waals surface area (Å²) in [5.74, 6) is -0.435. The monoisotopic (exact) mass is 630 g/mol. The van der Waals surface area contributed by atoms with Crippen molar-refractivity contribution in [2.24, 2.45) is 5.92 Å². The molecule has 0 radical (unpaired) electrons. The molecule has 3 N–H and O–H groups in total. The van der Waals surface area contributed by atoms with Crippen molar-refractivity contribution in [2.75, 3.05) is 23.1 Å². The van der Waals surface area contributed by atoms with E-state index in [1.54, 1.807) is 36.7 Å². The number of halogens is 2. The Kier molecular flexibility index (Phi) is 8.59. The molecule has 5 aromatic rings. The number of fused-ring (bicyclic) bond motifs is 1. The molecule has 0 aliphatic carbocycles. The highest BCUT2D eigenvalue weighted by molar-refractivity contribution is 7.91. The number of aromatic nitrogens is 3. The average Bonchev–Trinajstić information content (AvgIpc) is 3.01. The zero-order valence-corrected chi connectivity index (χ0v) is 25.5. The third-order valence-corrected chi connectivity index (χ3v) is 8.87. The number of piperidine rings is 1. The lowest BCUT2D eigenvalue weighted by atomic mass is 9.98. The van der Waals surface area contributed by atoms with Gasteiger partial charge in [-0.15, -0.1) is 0 Å². The lowest BCUT2D eigenvalue weighted by Crippen LogP contribution is -2.42. The normalized spacial score (nSPS) is 16.8. The Labute approximate surface area is 260 Å². The van der Waals surface area contributed by atoms with Gasteiger partial charge in [0.25, 0.3) is 0 Å². The summed E-state index contributed by atoms with van der Waals surface area (Å²) >= 11 is 0. The van der Waals surface area contributed by atoms with Gasteiger partial charge in [-0.2, -0.15) is 0 Å². The fraction of sp³-hybridized carbons (Fsp3) is 0.242. The highest BCUT2D eigenvalue weighted by Gasteiger charge is 2.22. The van der Waals surface area contributed by atoms with Crippen LogP contribution in [0, 0.1) is 24.5 Å². The van der Waals surface area contributed by atoms with E-state index in [1.807, 2.05) is 13.0 Å². The minimum atomic E-state index is -4.17. The molecular weight excluding hydrogens is 598 g/mol. The van der Waals surface area contributed by atoms with Crippen LogP contribution in [0.15, 0.2) is 79.1 Å². The molecule has 0 bridgehead atoms. The second kappa shape index (κ2) is 12.7. The van der Waals surface area contributed by atoms with E-state index < -0.39 is 27.4 Å². The largest absolute Gasteiger partial charge is 0.437 e. The number of nitrogens with one attached hydrogen (secondary N) is 3. The molecule has 3 aromatic carbocycles. The van der Waals surface area contributed by atoms with E-state index in [0.717, 1.165) is 31.1 Å². The van der Waals surface area contributed by atoms with Crippen LogP contribution in [-0.2, 0) is 15.8 Å². The molecule has 45 heavy (non-hydrogen) atoms. The van der Waals surface area contributed by atoms with Gasteiger partial charge in [0.15, 0.2) is 0 Å². The summed E-state index contributed by atoms with van der Waals surface area (Å²) in [4.78, 5) is 13.6. The van der Waals surface area contributed by atoms with Crippen molar-refractivity contribution in [2.45, 2.75) is 32.1 Å². The standard InChI is InChI=1S/C33H32F2N6O3S/c1-20-16-23(18-36-17-20)39-33-38-15-13-29(40-33)26-7-5-14-37-32(26)44-31-21(2)9-10-24-25(31)11-12-28(35)30(24)41-45(42,43)19-22-6-3-4-8-27(22)34/h3-15,20,23,36,41H,16-19H2,1-2H3,(H,38,39,40)/t20-,23?/m1/s1. The van der Waals surface area contributed by atoms with Crippen molar-refractivity contribution < 1.29 is 21.9 Å². The molecule has 232 valence electrons. The lowest BCUT2D eigenvalue weighted by Gasteiger charge is -2.28. The predicted octanol–water partition coefficient (Wildman–Crippen LogP) is 6.42. The van der Waals surface area contributed by atoms with E-state index in [2.05, 4.69) is 32.2 Å². The first-order valence-electron chi connectivity index (χ1n) is 14.6. The molecule has 1 unspecified atom stereocenters. The SMILES string of the molecule is Cc1ccc2c(NS(=O)(=O)Cc3ccccc3F)c(F)ccc2c1Oc1ncccc1-c1ccnc(NC2CNC[C@H](C)C2)n1. The van der Waals surface area contributed by atoms with Crippen molar-refractivity contribution in [3.63, 3.8) is 0 Å². The van der Waals surface area contributed by atoms with E-state index in [-0.39, 0.29) is 28.6 Å². The van der Waals surface area contributed by atoms with Crippen LogP contribution in [0.1, 0.15) is 24.5 Å². The van der Waals surface area contributed by atoms with Gasteiger partial charge in [0.1, 0.15) is 17.4 Å². The van der Waals surface area contributed by atoms with Gasteiger partial charge in [0.05, 0.1) is 22.7 Å². The van der Waals surface area contributed by atoms with Gasteiger partial charge in [-0.25, -0.2) is 32.2 Å². The Morgan fingerprint density at radius 2 is 1.76 bits per heavy atom. The number of sulfonamides is 1. The van der Waals surface area contributed by atoms with Crippen molar-refractivity contribution in [3.8, 4) is 22.9 Å². The second-order valence-electron chi connectivity index (χ2n) is 11.2. The second-order valence-corrected chi connectivity index (χ2v) is 13.0. The fourth-order valence-corrected chi connectivity index (χ4v) is 6.74. The third kappa shape index (κ3) is 6.86. The number of pyridine rings is 1. The molecule has 1 aliphatic rings. The molecule has 1 fully saturated rings. The average molecular weight is 631 g/mol. The fourth-order valence-electron chi connectivity index (χ4n) is 5.50. The van der Waals surface area contributed by atoms with Gasteiger partial charge in [-0.05, 0) is 67.8 Å². The van der Waals surface area contributed by atoms with Crippen LogP contribution >= 0.6 is 0 Å². The number of hydrogen-bond donors (Lipinski definition) is 3. The van der Waals surface area contributed by atoms with E-state index in [1.165, 1.54) is 30.3 Å². The van der Waals surface area contributed by atoms with Crippen LogP contribution in [0.3, 0.4) is 0 Å². The van der Waals surface area contributed by atoms with Gasteiger partial charge in [-0.3, -0.25) is 4.72 Å². The Morgan fingerprint density at radius 1 is 0.933 bits per heavy atom. The van der Waals surface area contributed by atoms with Gasteiger partial charge < -0.3 is 15.4 Å². The number of benzene rings is 3. The number of nitrogens with zero attached hydrogens (tertiary/aromatic N) is 3. The Bertz CT molecular complexity index is 1970. The smallest absolute Gasteiger partial charge is 0.237 e. The zero-order valence-electron chi connectivity index (χ0n) is 24.7. The molecule has 1 saturated heterocycles. The summed E-state index contributed by atoms with van der Waals surface area (Å²) in [5, 5.41) is 7.56. The van der Waals surface area contributed by atoms with E-state index in [0.29, 0.717) is 34.3 Å². The quantitative estimate of drug-likeness (QED) is 0.171. The highest BCUT2D eigenvalue weighted by Crippen LogP contribution is 2.40. The summed E-state index contributed by atoms with van der Waals surface area (Å²) in [7, 11) is -4.17. The van der Waals surface area contributed by atoms with Crippen LogP contribution in [0.25, 0.3) is 22.0 Å². The first-order chi connectivity index (χ1) is 21.7. The van der Waals surface area contributed by atoms with Gasteiger partial charge in [-0.1, -0.05) is 37.3 Å². The maximum absolute atomic E-state index is 15.2. The van der Waals surface area contributed by atoms with E-state index >= 15 is 4.39 Å². The number of rotatable bonds is 9. The molecule has 1 aliphatic heterocycles. The molecule has 2 aromatic heterocycles. The van der Waals surface area contributed by atoms with Gasteiger partial charge >= 0.3 is 0 Å². The van der Waals surface area contributed by atoms with Crippen LogP contribution in [-0.4, -0.2) is 42.5 Å². The summed E-state index contributed by atoms with van der Waals surface area (Å²) in [5.41, 5.74) is 1.64. The van der Waals surface area contributed by atoms with Crippen LogP contribution in [0.2, 0.25) is 0 Å². The topological polar surface area (TPSA) is 118 Å². The maximum Gasteiger partial charge on any atom is 0.237 e. The number of aryl methyl sites for hydroxylation is 1. The van der Waals surface area contributed by atoms with E-state index in [4.69, 9.17) is 9.72 Å². The molecule has 2 atom stereocenters. The zero-order chi connectivity index (χ0) is 31.6. The number of ether oxygens (including phenoxy) is 1. The molecule has 0 amide bonds. The first-order valence-corrected chi connectivity index (χ1v) is 16.2. The lowest BCUT2D eigenvalue weighted by molar-refractivity contribution is 0.377. The van der Waals surface area contributed by atoms with Crippen LogP contribution in [0.5, 0.6) is 11.6 Å². The summed E-state index contributed by atoms with van der Waals surface area (Å²) in [6.45, 7) is 5.83. The summed E-state index contributed by atoms with van der Waals surface area (Å²) in [6.07, 6.45) is 4.27. The van der Waals surface area contributed by atoms with Gasteiger partial charge in [0, 0.05) is 41.3 Å². The third-order valence-electron chi connectivity index (χ3n) is 7.66. The van der Waals surface area contributed by atoms with Crippen molar-refractivity contribution >= 4 is 32.4 Å². The summed E-state index contributed by atoms with van der Waals surface area (Å²) < 4.78 is 64.1.